The van der Waals surface area contributed by atoms with E-state index in [-0.39, 0.29) is 11.6 Å². The highest BCUT2D eigenvalue weighted by Crippen LogP contribution is 2.39. The Morgan fingerprint density at radius 1 is 1.24 bits per heavy atom. The van der Waals surface area contributed by atoms with Crippen LogP contribution in [0.4, 0.5) is 0 Å². The highest BCUT2D eigenvalue weighted by atomic mass is 16.5. The average molecular weight is 293 g/mol. The molecule has 120 valence electrons. The summed E-state index contributed by atoms with van der Waals surface area (Å²) < 4.78 is 5.54. The van der Waals surface area contributed by atoms with Gasteiger partial charge in [0.05, 0.1) is 13.2 Å². The summed E-state index contributed by atoms with van der Waals surface area (Å²) in [5, 5.41) is 3.50. The Kier molecular flexibility index (Phi) is 7.12. The zero-order valence-electron chi connectivity index (χ0n) is 14.4. The maximum Gasteiger partial charge on any atom is 0.142 e. The molecular formula is C17H31N3O. The van der Waals surface area contributed by atoms with Crippen molar-refractivity contribution < 1.29 is 4.74 Å². The van der Waals surface area contributed by atoms with Crippen LogP contribution in [0.1, 0.15) is 52.3 Å². The molecule has 0 amide bonds. The smallest absolute Gasteiger partial charge is 0.142 e. The number of rotatable bonds is 9. The first-order valence-electron chi connectivity index (χ1n) is 8.06. The minimum Gasteiger partial charge on any atom is -0.495 e. The van der Waals surface area contributed by atoms with Crippen LogP contribution in [0.5, 0.6) is 5.75 Å². The van der Waals surface area contributed by atoms with Crippen molar-refractivity contribution in [2.45, 2.75) is 52.1 Å². The van der Waals surface area contributed by atoms with Crippen molar-refractivity contribution in [3.8, 4) is 5.75 Å². The van der Waals surface area contributed by atoms with Crippen LogP contribution in [0.2, 0.25) is 0 Å². The number of nitrogens with one attached hydrogen (secondary N) is 1. The summed E-state index contributed by atoms with van der Waals surface area (Å²) >= 11 is 0. The lowest BCUT2D eigenvalue weighted by Crippen LogP contribution is -2.55. The topological polar surface area (TPSA) is 37.4 Å². The molecule has 0 saturated carbocycles. The van der Waals surface area contributed by atoms with Crippen LogP contribution in [-0.2, 0) is 0 Å². The summed E-state index contributed by atoms with van der Waals surface area (Å²) in [6.07, 6.45) is 3.98. The number of hydrogen-bond donors (Lipinski definition) is 1. The Bertz CT molecular complexity index is 414. The summed E-state index contributed by atoms with van der Waals surface area (Å²) in [6, 6.07) is 4.06. The van der Waals surface area contributed by atoms with Gasteiger partial charge in [-0.15, -0.1) is 0 Å². The van der Waals surface area contributed by atoms with Crippen LogP contribution in [0.3, 0.4) is 0 Å². The molecule has 0 saturated heterocycles. The van der Waals surface area contributed by atoms with Gasteiger partial charge in [0.15, 0.2) is 0 Å². The van der Waals surface area contributed by atoms with E-state index in [4.69, 9.17) is 4.74 Å². The molecule has 1 heterocycles. The van der Waals surface area contributed by atoms with Gasteiger partial charge in [-0.2, -0.15) is 0 Å². The van der Waals surface area contributed by atoms with Gasteiger partial charge >= 0.3 is 0 Å². The van der Waals surface area contributed by atoms with E-state index in [2.05, 4.69) is 42.9 Å². The van der Waals surface area contributed by atoms with E-state index in [9.17, 15) is 0 Å². The maximum atomic E-state index is 5.54. The van der Waals surface area contributed by atoms with Gasteiger partial charge in [0, 0.05) is 11.7 Å². The summed E-state index contributed by atoms with van der Waals surface area (Å²) in [6.45, 7) is 11.1. The van der Waals surface area contributed by atoms with E-state index in [1.54, 1.807) is 7.11 Å². The molecule has 1 aromatic rings. The number of methoxy groups -OCH3 is 1. The van der Waals surface area contributed by atoms with Crippen LogP contribution in [0.15, 0.2) is 18.3 Å². The predicted octanol–water partition coefficient (Wildman–Crippen LogP) is 3.25. The summed E-state index contributed by atoms with van der Waals surface area (Å²) in [4.78, 5) is 7.16. The molecule has 1 N–H and O–H groups in total. The molecule has 0 aliphatic carbocycles. The maximum absolute atomic E-state index is 5.54. The summed E-state index contributed by atoms with van der Waals surface area (Å²) in [7, 11) is 3.73. The Morgan fingerprint density at radius 2 is 1.86 bits per heavy atom. The first-order chi connectivity index (χ1) is 10.1. The molecule has 21 heavy (non-hydrogen) atoms. The Hall–Kier alpha value is -1.13. The van der Waals surface area contributed by atoms with Crippen LogP contribution in [0, 0.1) is 0 Å². The van der Waals surface area contributed by atoms with Crippen molar-refractivity contribution in [2.75, 3.05) is 27.2 Å². The summed E-state index contributed by atoms with van der Waals surface area (Å²) in [5.74, 6) is 0.857. The number of hydrogen-bond acceptors (Lipinski definition) is 4. The Morgan fingerprint density at radius 3 is 2.29 bits per heavy atom. The van der Waals surface area contributed by atoms with Crippen molar-refractivity contribution in [2.24, 2.45) is 0 Å². The molecule has 0 aliphatic rings. The fraction of sp³-hybridized carbons (Fsp3) is 0.706. The molecule has 0 radical (unpaired) electrons. The van der Waals surface area contributed by atoms with Crippen molar-refractivity contribution in [3.63, 3.8) is 0 Å². The van der Waals surface area contributed by atoms with Crippen molar-refractivity contribution >= 4 is 0 Å². The number of nitrogens with zero attached hydrogens (tertiary/aromatic N) is 2. The lowest BCUT2D eigenvalue weighted by atomic mass is 9.80. The van der Waals surface area contributed by atoms with Gasteiger partial charge in [-0.3, -0.25) is 9.88 Å². The second-order valence-corrected chi connectivity index (χ2v) is 5.30. The van der Waals surface area contributed by atoms with Gasteiger partial charge < -0.3 is 10.1 Å². The van der Waals surface area contributed by atoms with Crippen molar-refractivity contribution in [1.82, 2.24) is 15.2 Å². The molecule has 0 bridgehead atoms. The molecule has 4 nitrogen and oxygen atoms in total. The molecule has 0 aromatic carbocycles. The van der Waals surface area contributed by atoms with Gasteiger partial charge in [-0.1, -0.05) is 27.7 Å². The fourth-order valence-corrected chi connectivity index (χ4v) is 3.59. The average Bonchev–Trinajstić information content (AvgIpc) is 2.55. The molecule has 1 atom stereocenters. The van der Waals surface area contributed by atoms with Gasteiger partial charge in [0.1, 0.15) is 11.4 Å². The zero-order chi connectivity index (χ0) is 15.9. The molecule has 4 heteroatoms. The highest BCUT2D eigenvalue weighted by molar-refractivity contribution is 5.32. The monoisotopic (exact) mass is 293 g/mol. The quantitative estimate of drug-likeness (QED) is 0.758. The van der Waals surface area contributed by atoms with E-state index in [0.717, 1.165) is 37.4 Å². The molecule has 0 fully saturated rings. The lowest BCUT2D eigenvalue weighted by Gasteiger charge is -2.47. The predicted molar refractivity (Wildman–Crippen MR) is 88.8 cm³/mol. The van der Waals surface area contributed by atoms with Crippen LogP contribution < -0.4 is 10.1 Å². The van der Waals surface area contributed by atoms with E-state index >= 15 is 0 Å². The lowest BCUT2D eigenvalue weighted by molar-refractivity contribution is 0.0491. The van der Waals surface area contributed by atoms with Gasteiger partial charge in [-0.05, 0) is 45.1 Å². The molecular weight excluding hydrogens is 262 g/mol. The molecule has 1 rings (SSSR count). The number of aromatic nitrogens is 1. The van der Waals surface area contributed by atoms with E-state index in [0.29, 0.717) is 0 Å². The van der Waals surface area contributed by atoms with E-state index in [1.807, 2.05) is 25.4 Å². The van der Waals surface area contributed by atoms with Crippen LogP contribution in [-0.4, -0.2) is 42.7 Å². The minimum atomic E-state index is 0.0416. The fourth-order valence-electron chi connectivity index (χ4n) is 3.59. The van der Waals surface area contributed by atoms with Gasteiger partial charge in [0.2, 0.25) is 0 Å². The third-order valence-corrected chi connectivity index (χ3v) is 4.74. The molecule has 0 aliphatic heterocycles. The second kappa shape index (κ2) is 8.35. The van der Waals surface area contributed by atoms with Gasteiger partial charge in [-0.25, -0.2) is 0 Å². The van der Waals surface area contributed by atoms with Crippen molar-refractivity contribution in [1.29, 1.82) is 0 Å². The Labute approximate surface area is 129 Å². The minimum absolute atomic E-state index is 0.0416. The third-order valence-electron chi connectivity index (χ3n) is 4.74. The standard InChI is InChI=1S/C17H31N3O/c1-7-17(8-2,20(9-3)10-4)16(18-5)15-14(21-6)12-11-13-19-15/h11-13,16,18H,7-10H2,1-6H3. The SMILES string of the molecule is CCN(CC)C(CC)(CC)C(NC)c1ncccc1OC. The first kappa shape index (κ1) is 17.9. The number of likely N-dealkylation sites (N-methyl/N-ethyl adjacent to an activating group) is 2. The van der Waals surface area contributed by atoms with Crippen molar-refractivity contribution in [3.05, 3.63) is 24.0 Å². The largest absolute Gasteiger partial charge is 0.495 e. The second-order valence-electron chi connectivity index (χ2n) is 5.30. The molecule has 1 aromatic heterocycles. The van der Waals surface area contributed by atoms with E-state index < -0.39 is 0 Å². The number of pyridine rings is 1. The van der Waals surface area contributed by atoms with E-state index in [1.165, 1.54) is 0 Å². The Balaban J connectivity index is 3.37. The van der Waals surface area contributed by atoms with Gasteiger partial charge in [0.25, 0.3) is 0 Å². The summed E-state index contributed by atoms with van der Waals surface area (Å²) in [5.41, 5.74) is 1.04. The van der Waals surface area contributed by atoms with Crippen LogP contribution in [0.25, 0.3) is 0 Å². The number of ether oxygens (including phenoxy) is 1. The normalized spacial score (nSPS) is 13.5. The molecule has 0 spiro atoms. The van der Waals surface area contributed by atoms with Crippen LogP contribution >= 0.6 is 0 Å². The first-order valence-corrected chi connectivity index (χ1v) is 8.06. The third kappa shape index (κ3) is 3.38. The molecule has 1 unspecified atom stereocenters. The zero-order valence-corrected chi connectivity index (χ0v) is 14.4. The highest BCUT2D eigenvalue weighted by Gasteiger charge is 2.41.